The van der Waals surface area contributed by atoms with Crippen molar-refractivity contribution in [3.8, 4) is 0 Å². The fourth-order valence-corrected chi connectivity index (χ4v) is 10.6. The van der Waals surface area contributed by atoms with Crippen molar-refractivity contribution in [3.63, 3.8) is 0 Å². The average molecular weight is 1240 g/mol. The maximum atomic E-state index is 12.8. The predicted molar refractivity (Wildman–Crippen MR) is 255 cm³/mol. The van der Waals surface area contributed by atoms with Gasteiger partial charge < -0.3 is 179 Å². The third-order valence-corrected chi connectivity index (χ3v) is 15.3. The highest BCUT2D eigenvalue weighted by atomic mass is 16.8. The summed E-state index contributed by atoms with van der Waals surface area (Å²) in [6.07, 6.45) is -66.7. The lowest BCUT2D eigenvalue weighted by atomic mass is 9.94. The molecule has 0 aliphatic carbocycles. The van der Waals surface area contributed by atoms with E-state index >= 15 is 0 Å². The van der Waals surface area contributed by atoms with E-state index in [1.165, 1.54) is 0 Å². The summed E-state index contributed by atoms with van der Waals surface area (Å²) < 4.78 is 75.4. The molecule has 35 atom stereocenters. The highest BCUT2D eigenvalue weighted by molar-refractivity contribution is 5.73. The van der Waals surface area contributed by atoms with Gasteiger partial charge in [-0.15, -0.1) is 0 Å². The third kappa shape index (κ3) is 14.7. The zero-order valence-corrected chi connectivity index (χ0v) is 44.7. The maximum absolute atomic E-state index is 12.8. The van der Waals surface area contributed by atoms with Gasteiger partial charge in [0.15, 0.2) is 44.0 Å². The molecule has 7 aliphatic rings. The topological polar surface area (TPSA) is 603 Å². The molecule has 38 heteroatoms. The molecule has 7 heterocycles. The lowest BCUT2D eigenvalue weighted by Crippen LogP contribution is -2.70. The molecule has 84 heavy (non-hydrogen) atoms. The molecule has 0 aromatic heterocycles. The van der Waals surface area contributed by atoms with E-state index in [0.29, 0.717) is 0 Å². The van der Waals surface area contributed by atoms with E-state index in [4.69, 9.17) is 61.6 Å². The van der Waals surface area contributed by atoms with Gasteiger partial charge in [0.05, 0.1) is 46.2 Å². The molecule has 0 unspecified atom stereocenters. The molecular formula is C46H78N2O36. The monoisotopic (exact) mass is 1230 g/mol. The Morgan fingerprint density at radius 2 is 0.607 bits per heavy atom. The van der Waals surface area contributed by atoms with Gasteiger partial charge in [0.1, 0.15) is 171 Å². The predicted octanol–water partition coefficient (Wildman–Crippen LogP) is -16.0. The van der Waals surface area contributed by atoms with E-state index in [0.717, 1.165) is 13.8 Å². The minimum Gasteiger partial charge on any atom is -0.394 e. The normalized spacial score (nSPS) is 50.3. The van der Waals surface area contributed by atoms with Crippen molar-refractivity contribution in [1.29, 1.82) is 0 Å². The summed E-state index contributed by atoms with van der Waals surface area (Å²) in [5, 5.41) is 232. The van der Waals surface area contributed by atoms with Crippen LogP contribution >= 0.6 is 0 Å². The van der Waals surface area contributed by atoms with Crippen molar-refractivity contribution in [2.45, 2.75) is 229 Å². The van der Waals surface area contributed by atoms with Gasteiger partial charge >= 0.3 is 0 Å². The lowest BCUT2D eigenvalue weighted by molar-refractivity contribution is -0.412. The van der Waals surface area contributed by atoms with Crippen molar-refractivity contribution in [2.75, 3.05) is 46.2 Å². The van der Waals surface area contributed by atoms with Crippen LogP contribution in [0, 0.1) is 0 Å². The molecular weight excluding hydrogens is 1160 g/mol. The van der Waals surface area contributed by atoms with Crippen LogP contribution in [0.3, 0.4) is 0 Å². The number of hydrogen-bond acceptors (Lipinski definition) is 36. The number of ether oxygens (including phenoxy) is 13. The molecule has 0 aromatic rings. The summed E-state index contributed by atoms with van der Waals surface area (Å²) in [5.74, 6) is -1.64. The quantitative estimate of drug-likeness (QED) is 0.0507. The molecule has 23 N–H and O–H groups in total. The molecule has 7 aliphatic heterocycles. The van der Waals surface area contributed by atoms with Crippen LogP contribution in [0.5, 0.6) is 0 Å². The molecule has 488 valence electrons. The second kappa shape index (κ2) is 29.9. The molecule has 7 saturated heterocycles. The molecule has 0 saturated carbocycles. The van der Waals surface area contributed by atoms with Gasteiger partial charge in [-0.25, -0.2) is 0 Å². The van der Waals surface area contributed by atoms with E-state index in [2.05, 4.69) is 10.6 Å². The Kier molecular flexibility index (Phi) is 24.6. The van der Waals surface area contributed by atoms with Crippen LogP contribution in [-0.4, -0.2) is 380 Å². The van der Waals surface area contributed by atoms with Gasteiger partial charge in [-0.3, -0.25) is 9.59 Å². The van der Waals surface area contributed by atoms with Crippen molar-refractivity contribution in [1.82, 2.24) is 10.6 Å². The fourth-order valence-electron chi connectivity index (χ4n) is 10.6. The Labute approximate surface area is 475 Å². The van der Waals surface area contributed by atoms with Crippen LogP contribution in [-0.2, 0) is 71.2 Å². The number of amides is 2. The van der Waals surface area contributed by atoms with Crippen molar-refractivity contribution < 1.29 is 178 Å². The Hall–Kier alpha value is -2.42. The lowest BCUT2D eigenvalue weighted by Gasteiger charge is -2.51. The Morgan fingerprint density at radius 1 is 0.310 bits per heavy atom. The zero-order chi connectivity index (χ0) is 61.9. The average Bonchev–Trinajstić information content (AvgIpc) is 3.63. The van der Waals surface area contributed by atoms with Gasteiger partial charge in [0.25, 0.3) is 0 Å². The van der Waals surface area contributed by atoms with Crippen LogP contribution < -0.4 is 10.6 Å². The summed E-state index contributed by atoms with van der Waals surface area (Å²) in [5.41, 5.74) is 0. The van der Waals surface area contributed by atoms with Gasteiger partial charge in [0, 0.05) is 13.8 Å². The second-order valence-electron chi connectivity index (χ2n) is 21.1. The van der Waals surface area contributed by atoms with Gasteiger partial charge in [-0.1, -0.05) is 0 Å². The first-order valence-electron chi connectivity index (χ1n) is 26.6. The van der Waals surface area contributed by atoms with E-state index < -0.39 is 273 Å². The molecule has 2 amide bonds. The molecule has 7 rings (SSSR count). The molecule has 7 fully saturated rings. The summed E-state index contributed by atoms with van der Waals surface area (Å²) >= 11 is 0. The number of nitrogens with one attached hydrogen (secondary N) is 2. The van der Waals surface area contributed by atoms with E-state index in [1.807, 2.05) is 0 Å². The number of hydrogen-bond donors (Lipinski definition) is 23. The van der Waals surface area contributed by atoms with Crippen molar-refractivity contribution in [2.24, 2.45) is 0 Å². The molecule has 38 nitrogen and oxygen atoms in total. The number of carbonyl (C=O) groups is 2. The number of aliphatic hydroxyl groups is 21. The van der Waals surface area contributed by atoms with Crippen LogP contribution in [0.25, 0.3) is 0 Å². The highest BCUT2D eigenvalue weighted by Crippen LogP contribution is 2.38. The second-order valence-corrected chi connectivity index (χ2v) is 21.1. The SMILES string of the molecule is CC(=O)N[C@@H]1[C@@H](O)[C@H](O[C@@H]2O[C@H](CO)[C@@H](O[C@@H]3O[C@H](CO[C@@H]4O[C@H](CO)[C@@H](O)[C@H](O)[C@@H]4O)[C@@H](O)[C@H](O)[C@@H]3O[C@@H]3O[C@H](CO)[C@@H](O)[C@H](O)[C@@H]3O[C@@H]3O[C@H](CO)[C@@H](O)[C@H](O)[C@@H]3O[C@@H]3O[C@H](CO)[C@@H](O)[C@H](O)[C@@H]3O)[C@H](O)[C@H]2NC(C)=O)[C@@H](CO)O[C@H]1O. The van der Waals surface area contributed by atoms with Crippen LogP contribution in [0.1, 0.15) is 13.8 Å². The molecule has 0 spiro atoms. The van der Waals surface area contributed by atoms with Gasteiger partial charge in [-0.2, -0.15) is 0 Å². The maximum Gasteiger partial charge on any atom is 0.217 e. The number of carbonyl (C=O) groups excluding carboxylic acids is 2. The highest BCUT2D eigenvalue weighted by Gasteiger charge is 2.59. The van der Waals surface area contributed by atoms with Gasteiger partial charge in [-0.05, 0) is 0 Å². The van der Waals surface area contributed by atoms with Crippen molar-refractivity contribution in [3.05, 3.63) is 0 Å². The molecule has 0 radical (unpaired) electrons. The van der Waals surface area contributed by atoms with E-state index in [9.17, 15) is 117 Å². The minimum atomic E-state index is -2.40. The number of rotatable bonds is 21. The first-order valence-corrected chi connectivity index (χ1v) is 26.6. The Bertz CT molecular complexity index is 2060. The van der Waals surface area contributed by atoms with E-state index in [-0.39, 0.29) is 0 Å². The standard InChI is InChI=1S/C46H78N2O36/c1-10(55)47-19-26(62)35(16(7-53)73-40(19)71)80-41-20(48-11(2)56)27(63)36(17(8-54)78-41)81-46-39(32(68)25(61)18(79-46)9-72-42-33(69)28(64)21(57)12(3-49)74-42)84-45-38(31(67)24(60)15(6-52)77-45)83-44-37(30(66)23(59)14(5-51)76-44)82-43-34(70)29(65)22(58)13(4-50)75-43/h12-46,49-54,57-71H,3-9H2,1-2H3,(H,47,55)(H,48,56)/t12-,13-,14-,15-,16-,17-,18-,19-,20-,21-,22-,23-,24-,25-,26-,27-,28+,29+,30+,31+,32+,33+,34+,35-,36-,37+,38+,39+,40-,41+,42-,43+,44+,45+,46+/m1/s1. The van der Waals surface area contributed by atoms with Crippen LogP contribution in [0.2, 0.25) is 0 Å². The smallest absolute Gasteiger partial charge is 0.217 e. The molecule has 0 aromatic carbocycles. The van der Waals surface area contributed by atoms with E-state index in [1.54, 1.807) is 0 Å². The zero-order valence-electron chi connectivity index (χ0n) is 44.7. The first kappa shape index (κ1) is 69.1. The van der Waals surface area contributed by atoms with Gasteiger partial charge in [0.2, 0.25) is 11.8 Å². The molecule has 0 bridgehead atoms. The third-order valence-electron chi connectivity index (χ3n) is 15.3. The van der Waals surface area contributed by atoms with Crippen molar-refractivity contribution >= 4 is 11.8 Å². The minimum absolute atomic E-state index is 0.750. The largest absolute Gasteiger partial charge is 0.394 e. The Morgan fingerprint density at radius 3 is 1.04 bits per heavy atom. The fraction of sp³-hybridized carbons (Fsp3) is 0.957. The van der Waals surface area contributed by atoms with Crippen LogP contribution in [0.4, 0.5) is 0 Å². The summed E-state index contributed by atoms with van der Waals surface area (Å²) in [6, 6.07) is -3.44. The first-order chi connectivity index (χ1) is 39.7. The Balaban J connectivity index is 1.22. The summed E-state index contributed by atoms with van der Waals surface area (Å²) in [4.78, 5) is 24.8. The summed E-state index contributed by atoms with van der Waals surface area (Å²) in [7, 11) is 0. The van der Waals surface area contributed by atoms with Crippen LogP contribution in [0.15, 0.2) is 0 Å². The number of aliphatic hydroxyl groups excluding tert-OH is 21. The summed E-state index contributed by atoms with van der Waals surface area (Å²) in [6.45, 7) is -5.05.